The van der Waals surface area contributed by atoms with Crippen LogP contribution in [0.3, 0.4) is 0 Å². The number of thiocarbonyl (C=S) groups is 1. The van der Waals surface area contributed by atoms with Crippen molar-refractivity contribution in [1.29, 1.82) is 0 Å². The number of nitrogens with one attached hydrogen (secondary N) is 2. The van der Waals surface area contributed by atoms with E-state index in [0.29, 0.717) is 11.0 Å². The van der Waals surface area contributed by atoms with Gasteiger partial charge in [-0.25, -0.2) is 0 Å². The summed E-state index contributed by atoms with van der Waals surface area (Å²) in [5, 5.41) is 7.90. The Bertz CT molecular complexity index is 572. The molecule has 2 rings (SSSR count). The Morgan fingerprint density at radius 3 is 2.74 bits per heavy atom. The molecule has 6 nitrogen and oxygen atoms in total. The number of benzene rings is 1. The third-order valence-electron chi connectivity index (χ3n) is 4.26. The fourth-order valence-electron chi connectivity index (χ4n) is 2.60. The first-order valence-corrected chi connectivity index (χ1v) is 10.1. The van der Waals surface area contributed by atoms with Crippen LogP contribution in [0, 0.1) is 5.92 Å². The molecule has 1 fully saturated rings. The fraction of sp³-hybridized carbons (Fsp3) is 0.600. The van der Waals surface area contributed by atoms with Gasteiger partial charge in [0.15, 0.2) is 5.11 Å². The number of nitrogens with zero attached hydrogens (tertiary/aromatic N) is 2. The van der Waals surface area contributed by atoms with Gasteiger partial charge in [0.05, 0.1) is 26.0 Å². The highest BCUT2D eigenvalue weighted by Crippen LogP contribution is 2.12. The second kappa shape index (κ2) is 12.6. The number of hydrogen-bond acceptors (Lipinski definition) is 5. The summed E-state index contributed by atoms with van der Waals surface area (Å²) in [5.41, 5.74) is 3.85. The molecular formula is C20H32N4O2S. The van der Waals surface area contributed by atoms with Crippen molar-refractivity contribution in [3.8, 4) is 5.75 Å². The first-order chi connectivity index (χ1) is 13.1. The Labute approximate surface area is 168 Å². The van der Waals surface area contributed by atoms with E-state index < -0.39 is 0 Å². The zero-order valence-corrected chi connectivity index (χ0v) is 17.3. The molecule has 0 spiro atoms. The van der Waals surface area contributed by atoms with Gasteiger partial charge in [-0.1, -0.05) is 13.8 Å². The highest BCUT2D eigenvalue weighted by Gasteiger charge is 2.09. The zero-order valence-electron chi connectivity index (χ0n) is 16.4. The lowest BCUT2D eigenvalue weighted by Gasteiger charge is -2.26. The summed E-state index contributed by atoms with van der Waals surface area (Å²) in [4.78, 5) is 2.41. The van der Waals surface area contributed by atoms with E-state index in [-0.39, 0.29) is 0 Å². The van der Waals surface area contributed by atoms with E-state index in [1.807, 2.05) is 24.3 Å². The number of hydrogen-bond donors (Lipinski definition) is 2. The molecule has 1 aliphatic rings. The van der Waals surface area contributed by atoms with Crippen LogP contribution in [0.2, 0.25) is 0 Å². The molecule has 0 bridgehead atoms. The lowest BCUT2D eigenvalue weighted by atomic mass is 10.1. The number of rotatable bonds is 10. The van der Waals surface area contributed by atoms with Crippen molar-refractivity contribution in [1.82, 2.24) is 15.6 Å². The van der Waals surface area contributed by atoms with Crippen LogP contribution in [0.5, 0.6) is 5.75 Å². The van der Waals surface area contributed by atoms with E-state index >= 15 is 0 Å². The van der Waals surface area contributed by atoms with Gasteiger partial charge in [-0.2, -0.15) is 5.10 Å². The van der Waals surface area contributed by atoms with Gasteiger partial charge in [0.25, 0.3) is 0 Å². The van der Waals surface area contributed by atoms with Gasteiger partial charge in [0.1, 0.15) is 5.75 Å². The van der Waals surface area contributed by atoms with Crippen LogP contribution in [-0.4, -0.2) is 62.2 Å². The predicted molar refractivity (Wildman–Crippen MR) is 115 cm³/mol. The van der Waals surface area contributed by atoms with Gasteiger partial charge < -0.3 is 14.8 Å². The minimum absolute atomic E-state index is 0.543. The monoisotopic (exact) mass is 392 g/mol. The third kappa shape index (κ3) is 9.70. The molecule has 1 aromatic rings. The molecule has 0 aliphatic carbocycles. The Morgan fingerprint density at radius 2 is 2.04 bits per heavy atom. The minimum Gasteiger partial charge on any atom is -0.494 e. The van der Waals surface area contributed by atoms with Crippen molar-refractivity contribution >= 4 is 23.5 Å². The van der Waals surface area contributed by atoms with Crippen LogP contribution >= 0.6 is 12.2 Å². The van der Waals surface area contributed by atoms with E-state index in [9.17, 15) is 0 Å². The summed E-state index contributed by atoms with van der Waals surface area (Å²) in [6.07, 6.45) is 3.85. The lowest BCUT2D eigenvalue weighted by Crippen LogP contribution is -2.39. The summed E-state index contributed by atoms with van der Waals surface area (Å²) in [7, 11) is 0. The van der Waals surface area contributed by atoms with E-state index in [1.165, 1.54) is 0 Å². The van der Waals surface area contributed by atoms with Crippen LogP contribution in [-0.2, 0) is 4.74 Å². The van der Waals surface area contributed by atoms with Crippen LogP contribution in [0.25, 0.3) is 0 Å². The van der Waals surface area contributed by atoms with Gasteiger partial charge in [0.2, 0.25) is 0 Å². The van der Waals surface area contributed by atoms with Crippen molar-refractivity contribution < 1.29 is 9.47 Å². The van der Waals surface area contributed by atoms with Crippen LogP contribution in [0.1, 0.15) is 32.3 Å². The van der Waals surface area contributed by atoms with Crippen molar-refractivity contribution in [2.45, 2.75) is 26.7 Å². The minimum atomic E-state index is 0.543. The summed E-state index contributed by atoms with van der Waals surface area (Å²) >= 11 is 5.24. The Kier molecular flexibility index (Phi) is 10.1. The van der Waals surface area contributed by atoms with E-state index in [4.69, 9.17) is 21.7 Å². The molecule has 0 amide bonds. The fourth-order valence-corrected chi connectivity index (χ4v) is 2.75. The molecule has 0 aromatic heterocycles. The quantitative estimate of drug-likeness (QED) is 0.276. The molecule has 27 heavy (non-hydrogen) atoms. The first-order valence-electron chi connectivity index (χ1n) is 9.73. The van der Waals surface area contributed by atoms with Crippen molar-refractivity contribution in [3.05, 3.63) is 29.8 Å². The van der Waals surface area contributed by atoms with Crippen LogP contribution in [0.15, 0.2) is 29.4 Å². The molecule has 1 aliphatic heterocycles. The molecule has 7 heteroatoms. The topological polar surface area (TPSA) is 58.1 Å². The summed E-state index contributed by atoms with van der Waals surface area (Å²) in [6, 6.07) is 7.89. The Hall–Kier alpha value is -1.70. The largest absolute Gasteiger partial charge is 0.494 e. The maximum absolute atomic E-state index is 5.71. The van der Waals surface area contributed by atoms with Gasteiger partial charge in [-0.15, -0.1) is 0 Å². The van der Waals surface area contributed by atoms with E-state index in [0.717, 1.165) is 70.2 Å². The first kappa shape index (κ1) is 21.6. The molecule has 2 N–H and O–H groups in total. The molecule has 1 heterocycles. The smallest absolute Gasteiger partial charge is 0.186 e. The highest BCUT2D eigenvalue weighted by molar-refractivity contribution is 7.80. The van der Waals surface area contributed by atoms with Crippen LogP contribution < -0.4 is 15.5 Å². The summed E-state index contributed by atoms with van der Waals surface area (Å²) in [5.74, 6) is 1.54. The number of ether oxygens (including phenoxy) is 2. The molecule has 0 saturated carbocycles. The number of hydrazone groups is 1. The summed E-state index contributed by atoms with van der Waals surface area (Å²) in [6.45, 7) is 10.8. The Balaban J connectivity index is 1.57. The molecule has 0 atom stereocenters. The van der Waals surface area contributed by atoms with Gasteiger partial charge in [-0.3, -0.25) is 10.3 Å². The molecule has 1 saturated heterocycles. The SMILES string of the molecule is CC(C)CCOc1ccc(/C=N/NC(=S)NCCCN2CCOCC2)cc1. The van der Waals surface area contributed by atoms with Gasteiger partial charge in [0, 0.05) is 19.6 Å². The van der Waals surface area contributed by atoms with E-state index in [2.05, 4.69) is 34.6 Å². The third-order valence-corrected chi connectivity index (χ3v) is 4.50. The second-order valence-electron chi connectivity index (χ2n) is 7.03. The number of morpholine rings is 1. The average Bonchev–Trinajstić information content (AvgIpc) is 2.67. The average molecular weight is 393 g/mol. The van der Waals surface area contributed by atoms with Crippen molar-refractivity contribution in [2.75, 3.05) is 46.0 Å². The molecular weight excluding hydrogens is 360 g/mol. The lowest BCUT2D eigenvalue weighted by molar-refractivity contribution is 0.0376. The summed E-state index contributed by atoms with van der Waals surface area (Å²) < 4.78 is 11.1. The van der Waals surface area contributed by atoms with Crippen molar-refractivity contribution in [2.24, 2.45) is 11.0 Å². The predicted octanol–water partition coefficient (Wildman–Crippen LogP) is 2.63. The van der Waals surface area contributed by atoms with Gasteiger partial charge >= 0.3 is 0 Å². The standard InChI is InChI=1S/C20H32N4O2S/c1-17(2)8-13-26-19-6-4-18(5-7-19)16-22-23-20(27)21-9-3-10-24-11-14-25-15-12-24/h4-7,16-17H,3,8-15H2,1-2H3,(H2,21,23,27)/b22-16+. The zero-order chi connectivity index (χ0) is 19.3. The van der Waals surface area contributed by atoms with Gasteiger partial charge in [-0.05, 0) is 67.4 Å². The molecule has 0 radical (unpaired) electrons. The second-order valence-corrected chi connectivity index (χ2v) is 7.44. The van der Waals surface area contributed by atoms with Crippen LogP contribution in [0.4, 0.5) is 0 Å². The van der Waals surface area contributed by atoms with E-state index in [1.54, 1.807) is 6.21 Å². The van der Waals surface area contributed by atoms with Crippen molar-refractivity contribution in [3.63, 3.8) is 0 Å². The maximum Gasteiger partial charge on any atom is 0.186 e. The molecule has 0 unspecified atom stereocenters. The maximum atomic E-state index is 5.71. The molecule has 1 aromatic carbocycles. The normalized spacial score (nSPS) is 15.2. The molecule has 150 valence electrons. The Morgan fingerprint density at radius 1 is 1.30 bits per heavy atom. The highest BCUT2D eigenvalue weighted by atomic mass is 32.1.